The molecule has 122 valence electrons. The number of para-hydroxylation sites is 1. The molecule has 1 aliphatic heterocycles. The van der Waals surface area contributed by atoms with Crippen molar-refractivity contribution in [1.29, 1.82) is 0 Å². The lowest BCUT2D eigenvalue weighted by Gasteiger charge is -2.32. The molecule has 0 saturated heterocycles. The molecule has 4 nitrogen and oxygen atoms in total. The van der Waals surface area contributed by atoms with Crippen LogP contribution in [0.3, 0.4) is 0 Å². The number of halogens is 1. The lowest BCUT2D eigenvalue weighted by molar-refractivity contribution is 0.155. The molecule has 1 aliphatic rings. The molecule has 2 aromatic carbocycles. The molecule has 0 spiro atoms. The average Bonchev–Trinajstić information content (AvgIpc) is 2.53. The number of benzene rings is 2. The van der Waals surface area contributed by atoms with Crippen LogP contribution >= 0.6 is 15.9 Å². The number of fused-ring (bicyclic) bond motifs is 4. The van der Waals surface area contributed by atoms with Crippen LogP contribution in [0.5, 0.6) is 11.5 Å². The SMILES string of the molecule is Cn1c2ccccc2c(=O)c2c(O)cc3c(c21)C=C(Br)C(C)(C)O3. The van der Waals surface area contributed by atoms with Gasteiger partial charge in [-0.2, -0.15) is 0 Å². The number of aromatic hydroxyl groups is 1. The zero-order valence-electron chi connectivity index (χ0n) is 13.6. The first-order valence-corrected chi connectivity index (χ1v) is 8.44. The van der Waals surface area contributed by atoms with Crippen molar-refractivity contribution in [2.24, 2.45) is 7.05 Å². The highest BCUT2D eigenvalue weighted by Gasteiger charge is 2.31. The monoisotopic (exact) mass is 385 g/mol. The highest BCUT2D eigenvalue weighted by Crippen LogP contribution is 2.44. The third kappa shape index (κ3) is 1.94. The third-order valence-electron chi connectivity index (χ3n) is 4.57. The van der Waals surface area contributed by atoms with E-state index in [4.69, 9.17) is 4.74 Å². The Bertz CT molecular complexity index is 1110. The van der Waals surface area contributed by atoms with E-state index in [2.05, 4.69) is 15.9 Å². The number of hydrogen-bond donors (Lipinski definition) is 1. The first-order chi connectivity index (χ1) is 11.3. The van der Waals surface area contributed by atoms with E-state index in [0.29, 0.717) is 22.0 Å². The van der Waals surface area contributed by atoms with E-state index in [1.807, 2.05) is 49.7 Å². The van der Waals surface area contributed by atoms with E-state index in [9.17, 15) is 9.90 Å². The Morgan fingerprint density at radius 2 is 1.96 bits per heavy atom. The fraction of sp³-hybridized carbons (Fsp3) is 0.211. The minimum atomic E-state index is -0.525. The molecule has 0 aliphatic carbocycles. The van der Waals surface area contributed by atoms with E-state index in [-0.39, 0.29) is 11.2 Å². The van der Waals surface area contributed by atoms with Crippen molar-refractivity contribution in [1.82, 2.24) is 4.57 Å². The van der Waals surface area contributed by atoms with Crippen LogP contribution in [0, 0.1) is 0 Å². The van der Waals surface area contributed by atoms with Gasteiger partial charge in [0.1, 0.15) is 17.1 Å². The molecule has 0 bridgehead atoms. The van der Waals surface area contributed by atoms with Crippen LogP contribution in [-0.2, 0) is 7.05 Å². The van der Waals surface area contributed by atoms with Gasteiger partial charge in [-0.3, -0.25) is 4.79 Å². The maximum absolute atomic E-state index is 12.9. The number of nitrogens with zero attached hydrogens (tertiary/aromatic N) is 1. The van der Waals surface area contributed by atoms with E-state index in [0.717, 1.165) is 15.6 Å². The summed E-state index contributed by atoms with van der Waals surface area (Å²) in [5.41, 5.74) is 1.58. The first-order valence-electron chi connectivity index (χ1n) is 7.65. The van der Waals surface area contributed by atoms with Gasteiger partial charge in [0.15, 0.2) is 0 Å². The molecule has 3 aromatic rings. The van der Waals surface area contributed by atoms with Gasteiger partial charge in [-0.1, -0.05) is 28.1 Å². The smallest absolute Gasteiger partial charge is 0.200 e. The molecule has 0 saturated carbocycles. The van der Waals surface area contributed by atoms with Gasteiger partial charge in [0.05, 0.1) is 16.4 Å². The van der Waals surface area contributed by atoms with Crippen molar-refractivity contribution in [3.63, 3.8) is 0 Å². The van der Waals surface area contributed by atoms with Gasteiger partial charge < -0.3 is 14.4 Å². The second kappa shape index (κ2) is 4.86. The lowest BCUT2D eigenvalue weighted by Crippen LogP contribution is -2.31. The highest BCUT2D eigenvalue weighted by atomic mass is 79.9. The number of phenolic OH excluding ortho intramolecular Hbond substituents is 1. The van der Waals surface area contributed by atoms with Crippen LogP contribution in [0.25, 0.3) is 27.9 Å². The topological polar surface area (TPSA) is 51.5 Å². The van der Waals surface area contributed by atoms with Crippen molar-refractivity contribution in [2.45, 2.75) is 19.4 Å². The summed E-state index contributed by atoms with van der Waals surface area (Å²) < 4.78 is 8.85. The maximum atomic E-state index is 12.9. The molecule has 5 heteroatoms. The summed E-state index contributed by atoms with van der Waals surface area (Å²) in [6.45, 7) is 3.88. The van der Waals surface area contributed by atoms with Crippen LogP contribution in [-0.4, -0.2) is 15.3 Å². The fourth-order valence-corrected chi connectivity index (χ4v) is 3.59. The Hall–Kier alpha value is -2.27. The number of aryl methyl sites for hydroxylation is 1. The Morgan fingerprint density at radius 1 is 1.25 bits per heavy atom. The van der Waals surface area contributed by atoms with Gasteiger partial charge in [0.2, 0.25) is 5.43 Å². The average molecular weight is 386 g/mol. The summed E-state index contributed by atoms with van der Waals surface area (Å²) in [5.74, 6) is 0.510. The van der Waals surface area contributed by atoms with E-state index in [1.54, 1.807) is 6.07 Å². The van der Waals surface area contributed by atoms with Crippen molar-refractivity contribution < 1.29 is 9.84 Å². The van der Waals surface area contributed by atoms with E-state index in [1.165, 1.54) is 6.07 Å². The van der Waals surface area contributed by atoms with Crippen LogP contribution in [0.4, 0.5) is 0 Å². The second-order valence-corrected chi connectivity index (χ2v) is 7.40. The lowest BCUT2D eigenvalue weighted by atomic mass is 9.98. The van der Waals surface area contributed by atoms with Crippen molar-refractivity contribution >= 4 is 43.8 Å². The van der Waals surface area contributed by atoms with Gasteiger partial charge in [0.25, 0.3) is 0 Å². The standard InChI is InChI=1S/C19H16BrNO3/c1-19(2)15(20)8-11-14(24-19)9-13(22)16-17(11)21(3)12-7-5-4-6-10(12)18(16)23/h4-9,22H,1-3H3. The zero-order valence-corrected chi connectivity index (χ0v) is 15.1. The molecule has 24 heavy (non-hydrogen) atoms. The Morgan fingerprint density at radius 3 is 2.71 bits per heavy atom. The van der Waals surface area contributed by atoms with Crippen LogP contribution in [0.15, 0.2) is 39.6 Å². The molecule has 4 rings (SSSR count). The largest absolute Gasteiger partial charge is 0.507 e. The van der Waals surface area contributed by atoms with E-state index >= 15 is 0 Å². The highest BCUT2D eigenvalue weighted by molar-refractivity contribution is 9.11. The molecule has 0 fully saturated rings. The number of hydrogen-bond acceptors (Lipinski definition) is 3. The molecule has 1 aromatic heterocycles. The molecule has 1 N–H and O–H groups in total. The Kier molecular flexibility index (Phi) is 3.09. The van der Waals surface area contributed by atoms with Crippen LogP contribution in [0.1, 0.15) is 19.4 Å². The normalized spacial score (nSPS) is 15.9. The van der Waals surface area contributed by atoms with Gasteiger partial charge in [-0.05, 0) is 32.1 Å². The Balaban J connectivity index is 2.27. The zero-order chi connectivity index (χ0) is 17.2. The maximum Gasteiger partial charge on any atom is 0.200 e. The molecule has 2 heterocycles. The molecule has 0 atom stereocenters. The quantitative estimate of drug-likeness (QED) is 0.586. The van der Waals surface area contributed by atoms with Crippen molar-refractivity contribution in [3.05, 3.63) is 50.6 Å². The predicted molar refractivity (Wildman–Crippen MR) is 100.0 cm³/mol. The minimum Gasteiger partial charge on any atom is -0.507 e. The van der Waals surface area contributed by atoms with Gasteiger partial charge in [-0.25, -0.2) is 0 Å². The number of phenols is 1. The van der Waals surface area contributed by atoms with Gasteiger partial charge >= 0.3 is 0 Å². The summed E-state index contributed by atoms with van der Waals surface area (Å²) in [6, 6.07) is 8.94. The molecular weight excluding hydrogens is 370 g/mol. The predicted octanol–water partition coefficient (Wildman–Crippen LogP) is 4.30. The minimum absolute atomic E-state index is 0.0580. The van der Waals surface area contributed by atoms with Crippen molar-refractivity contribution in [3.8, 4) is 11.5 Å². The second-order valence-electron chi connectivity index (χ2n) is 6.54. The summed E-state index contributed by atoms with van der Waals surface area (Å²) >= 11 is 3.56. The van der Waals surface area contributed by atoms with Crippen LogP contribution < -0.4 is 10.2 Å². The Labute approximate surface area is 147 Å². The van der Waals surface area contributed by atoms with E-state index < -0.39 is 5.60 Å². The molecular formula is C19H16BrNO3. The van der Waals surface area contributed by atoms with Gasteiger partial charge in [0, 0.05) is 28.5 Å². The summed E-state index contributed by atoms with van der Waals surface area (Å²) in [5, 5.41) is 11.4. The third-order valence-corrected chi connectivity index (χ3v) is 5.75. The number of aromatic nitrogens is 1. The summed E-state index contributed by atoms with van der Waals surface area (Å²) in [6.07, 6.45) is 1.97. The first kappa shape index (κ1) is 15.3. The molecule has 0 unspecified atom stereocenters. The fourth-order valence-electron chi connectivity index (χ4n) is 3.28. The van der Waals surface area contributed by atoms with Crippen molar-refractivity contribution in [2.75, 3.05) is 0 Å². The van der Waals surface area contributed by atoms with Crippen LogP contribution in [0.2, 0.25) is 0 Å². The summed E-state index contributed by atoms with van der Waals surface area (Å²) in [7, 11) is 1.89. The molecule has 0 radical (unpaired) electrons. The molecule has 0 amide bonds. The number of pyridine rings is 1. The number of ether oxygens (including phenoxy) is 1. The summed E-state index contributed by atoms with van der Waals surface area (Å²) in [4.78, 5) is 12.9. The number of rotatable bonds is 0. The van der Waals surface area contributed by atoms with Gasteiger partial charge in [-0.15, -0.1) is 0 Å².